The van der Waals surface area contributed by atoms with Crippen LogP contribution in [-0.4, -0.2) is 43.5 Å². The lowest BCUT2D eigenvalue weighted by molar-refractivity contribution is -0.137. The number of nitrogens with zero attached hydrogens (tertiary/aromatic N) is 2. The molecule has 1 aromatic carbocycles. The highest BCUT2D eigenvalue weighted by Gasteiger charge is 2.35. The van der Waals surface area contributed by atoms with Gasteiger partial charge in [0.2, 0.25) is 5.91 Å². The Morgan fingerprint density at radius 1 is 1.17 bits per heavy atom. The van der Waals surface area contributed by atoms with Gasteiger partial charge >= 0.3 is 6.18 Å². The van der Waals surface area contributed by atoms with Gasteiger partial charge in [0, 0.05) is 36.3 Å². The SMILES string of the molecule is Cl.Cl.NCC(=O)N1CCN(c2ccc(Br)cc2C(F)(F)F)CC1. The molecule has 0 unspecified atom stereocenters. The zero-order valence-corrected chi connectivity index (χ0v) is 15.2. The Kier molecular flexibility index (Phi) is 8.69. The molecule has 23 heavy (non-hydrogen) atoms. The molecule has 132 valence electrons. The van der Waals surface area contributed by atoms with Gasteiger partial charge in [-0.05, 0) is 18.2 Å². The average Bonchev–Trinajstić information content (AvgIpc) is 2.45. The Labute approximate surface area is 153 Å². The fourth-order valence-electron chi connectivity index (χ4n) is 2.34. The molecule has 0 spiro atoms. The molecule has 10 heteroatoms. The third kappa shape index (κ3) is 5.41. The molecule has 1 saturated heterocycles. The van der Waals surface area contributed by atoms with E-state index in [0.29, 0.717) is 30.7 Å². The predicted molar refractivity (Wildman–Crippen MR) is 91.5 cm³/mol. The maximum atomic E-state index is 13.1. The number of benzene rings is 1. The summed E-state index contributed by atoms with van der Waals surface area (Å²) in [7, 11) is 0. The maximum absolute atomic E-state index is 13.1. The molecule has 1 amide bonds. The molecular formula is C13H17BrCl2F3N3O. The quantitative estimate of drug-likeness (QED) is 0.772. The molecule has 0 radical (unpaired) electrons. The van der Waals surface area contributed by atoms with Gasteiger partial charge in [0.15, 0.2) is 0 Å². The number of nitrogens with two attached hydrogens (primary N) is 1. The van der Waals surface area contributed by atoms with Gasteiger partial charge in [0.1, 0.15) is 0 Å². The van der Waals surface area contributed by atoms with E-state index in [4.69, 9.17) is 5.73 Å². The lowest BCUT2D eigenvalue weighted by Crippen LogP contribution is -2.50. The van der Waals surface area contributed by atoms with E-state index < -0.39 is 11.7 Å². The third-order valence-electron chi connectivity index (χ3n) is 3.41. The van der Waals surface area contributed by atoms with Crippen LogP contribution in [0.15, 0.2) is 22.7 Å². The first-order valence-electron chi connectivity index (χ1n) is 6.42. The minimum absolute atomic E-state index is 0. The first kappa shape index (κ1) is 22.3. The number of carbonyl (C=O) groups excluding carboxylic acids is 1. The van der Waals surface area contributed by atoms with E-state index in [1.165, 1.54) is 6.07 Å². The van der Waals surface area contributed by atoms with Gasteiger partial charge in [-0.1, -0.05) is 15.9 Å². The van der Waals surface area contributed by atoms with E-state index in [0.717, 1.165) is 6.07 Å². The van der Waals surface area contributed by atoms with Gasteiger partial charge in [-0.15, -0.1) is 24.8 Å². The lowest BCUT2D eigenvalue weighted by atomic mass is 10.1. The second kappa shape index (κ2) is 8.96. The summed E-state index contributed by atoms with van der Waals surface area (Å²) in [6.07, 6.45) is -4.41. The summed E-state index contributed by atoms with van der Waals surface area (Å²) in [5.41, 5.74) is 4.76. The Morgan fingerprint density at radius 2 is 1.74 bits per heavy atom. The molecule has 1 fully saturated rings. The van der Waals surface area contributed by atoms with Crippen molar-refractivity contribution in [1.29, 1.82) is 0 Å². The number of carbonyl (C=O) groups is 1. The fourth-order valence-corrected chi connectivity index (χ4v) is 2.70. The molecule has 0 atom stereocenters. The number of anilines is 1. The smallest absolute Gasteiger partial charge is 0.367 e. The molecule has 1 aromatic rings. The summed E-state index contributed by atoms with van der Waals surface area (Å²) in [6.45, 7) is 1.39. The molecule has 2 N–H and O–H groups in total. The van der Waals surface area contributed by atoms with Crippen LogP contribution in [0.25, 0.3) is 0 Å². The molecular weight excluding hydrogens is 422 g/mol. The molecule has 1 aliphatic rings. The molecule has 0 bridgehead atoms. The molecule has 4 nitrogen and oxygen atoms in total. The van der Waals surface area contributed by atoms with E-state index in [1.54, 1.807) is 15.9 Å². The summed E-state index contributed by atoms with van der Waals surface area (Å²) < 4.78 is 39.7. The third-order valence-corrected chi connectivity index (χ3v) is 3.90. The van der Waals surface area contributed by atoms with Crippen LogP contribution >= 0.6 is 40.7 Å². The van der Waals surface area contributed by atoms with Crippen molar-refractivity contribution < 1.29 is 18.0 Å². The average molecular weight is 439 g/mol. The monoisotopic (exact) mass is 437 g/mol. The fraction of sp³-hybridized carbons (Fsp3) is 0.462. The van der Waals surface area contributed by atoms with Gasteiger partial charge in [-0.2, -0.15) is 13.2 Å². The van der Waals surface area contributed by atoms with Crippen LogP contribution in [0.5, 0.6) is 0 Å². The van der Waals surface area contributed by atoms with Crippen LogP contribution in [0.2, 0.25) is 0 Å². The summed E-state index contributed by atoms with van der Waals surface area (Å²) in [5.74, 6) is -0.179. The molecule has 0 aromatic heterocycles. The van der Waals surface area contributed by atoms with E-state index in [-0.39, 0.29) is 43.0 Å². The number of hydrogen-bond donors (Lipinski definition) is 1. The van der Waals surface area contributed by atoms with Crippen molar-refractivity contribution in [2.75, 3.05) is 37.6 Å². The highest BCUT2D eigenvalue weighted by atomic mass is 79.9. The largest absolute Gasteiger partial charge is 0.418 e. The van der Waals surface area contributed by atoms with Crippen molar-refractivity contribution in [3.8, 4) is 0 Å². The van der Waals surface area contributed by atoms with Crippen LogP contribution in [0.4, 0.5) is 18.9 Å². The molecule has 1 aliphatic heterocycles. The number of hydrogen-bond acceptors (Lipinski definition) is 3. The van der Waals surface area contributed by atoms with Crippen molar-refractivity contribution >= 4 is 52.3 Å². The Morgan fingerprint density at radius 3 is 2.22 bits per heavy atom. The minimum atomic E-state index is -4.41. The van der Waals surface area contributed by atoms with Crippen molar-refractivity contribution in [1.82, 2.24) is 4.90 Å². The summed E-state index contributed by atoms with van der Waals surface area (Å²) >= 11 is 3.07. The highest BCUT2D eigenvalue weighted by Crippen LogP contribution is 2.38. The van der Waals surface area contributed by atoms with E-state index in [2.05, 4.69) is 15.9 Å². The minimum Gasteiger partial charge on any atom is -0.367 e. The van der Waals surface area contributed by atoms with Crippen molar-refractivity contribution in [2.24, 2.45) is 5.73 Å². The zero-order valence-electron chi connectivity index (χ0n) is 12.0. The Bertz CT molecular complexity index is 538. The normalized spacial score (nSPS) is 14.8. The maximum Gasteiger partial charge on any atom is 0.418 e. The second-order valence-corrected chi connectivity index (χ2v) is 5.65. The van der Waals surface area contributed by atoms with Gasteiger partial charge in [-0.3, -0.25) is 4.79 Å². The second-order valence-electron chi connectivity index (χ2n) is 4.73. The Balaban J connectivity index is 0.00000242. The van der Waals surface area contributed by atoms with Crippen LogP contribution in [0.1, 0.15) is 5.56 Å². The van der Waals surface area contributed by atoms with Gasteiger partial charge < -0.3 is 15.5 Å². The standard InChI is InChI=1S/C13H15BrF3N3O.2ClH/c14-9-1-2-11(10(7-9)13(15,16)17)19-3-5-20(6-4-19)12(21)8-18;;/h1-2,7H,3-6,8,18H2;2*1H. The van der Waals surface area contributed by atoms with Crippen molar-refractivity contribution in [2.45, 2.75) is 6.18 Å². The van der Waals surface area contributed by atoms with E-state index in [1.807, 2.05) is 0 Å². The first-order valence-corrected chi connectivity index (χ1v) is 7.22. The van der Waals surface area contributed by atoms with Crippen LogP contribution < -0.4 is 10.6 Å². The molecule has 1 heterocycles. The number of halogens is 6. The van der Waals surface area contributed by atoms with Gasteiger partial charge in [0.25, 0.3) is 0 Å². The highest BCUT2D eigenvalue weighted by molar-refractivity contribution is 9.10. The van der Waals surface area contributed by atoms with Gasteiger partial charge in [0.05, 0.1) is 12.1 Å². The number of alkyl halides is 3. The Hall–Kier alpha value is -0.700. The molecule has 2 rings (SSSR count). The number of amides is 1. The summed E-state index contributed by atoms with van der Waals surface area (Å²) in [5, 5.41) is 0. The van der Waals surface area contributed by atoms with Crippen LogP contribution in [0, 0.1) is 0 Å². The van der Waals surface area contributed by atoms with Crippen molar-refractivity contribution in [3.63, 3.8) is 0 Å². The first-order chi connectivity index (χ1) is 9.82. The van der Waals surface area contributed by atoms with Crippen LogP contribution in [-0.2, 0) is 11.0 Å². The molecule has 0 aliphatic carbocycles. The lowest BCUT2D eigenvalue weighted by Gasteiger charge is -2.37. The zero-order chi connectivity index (χ0) is 15.6. The summed E-state index contributed by atoms with van der Waals surface area (Å²) in [4.78, 5) is 14.7. The van der Waals surface area contributed by atoms with Crippen molar-refractivity contribution in [3.05, 3.63) is 28.2 Å². The number of rotatable bonds is 2. The number of piperazine rings is 1. The van der Waals surface area contributed by atoms with Gasteiger partial charge in [-0.25, -0.2) is 0 Å². The molecule has 0 saturated carbocycles. The topological polar surface area (TPSA) is 49.6 Å². The van der Waals surface area contributed by atoms with E-state index in [9.17, 15) is 18.0 Å². The summed E-state index contributed by atoms with van der Waals surface area (Å²) in [6, 6.07) is 4.11. The van der Waals surface area contributed by atoms with Crippen LogP contribution in [0.3, 0.4) is 0 Å². The van der Waals surface area contributed by atoms with E-state index >= 15 is 0 Å². The predicted octanol–water partition coefficient (Wildman–Crippen LogP) is 2.92.